The highest BCUT2D eigenvalue weighted by Crippen LogP contribution is 2.38. The van der Waals surface area contributed by atoms with Crippen molar-refractivity contribution < 1.29 is 9.13 Å². The Morgan fingerprint density at radius 1 is 1.28 bits per heavy atom. The molecule has 0 saturated heterocycles. The zero-order valence-corrected chi connectivity index (χ0v) is 12.4. The normalized spacial score (nSPS) is 18.6. The molecule has 1 aromatic carbocycles. The van der Waals surface area contributed by atoms with Crippen LogP contribution in [0, 0.1) is 18.2 Å². The van der Waals surface area contributed by atoms with Gasteiger partial charge in [0.05, 0.1) is 6.61 Å². The number of rotatable bonds is 4. The quantitative estimate of drug-likeness (QED) is 0.721. The molecule has 1 aromatic rings. The number of benzene rings is 1. The lowest BCUT2D eigenvalue weighted by molar-refractivity contribution is 0.118. The minimum Gasteiger partial charge on any atom is -0.490 e. The molecular formula is C15H20BrFO. The molecule has 0 aliphatic heterocycles. The number of hydrogen-bond donors (Lipinski definition) is 0. The van der Waals surface area contributed by atoms with Crippen molar-refractivity contribution in [3.8, 4) is 5.75 Å². The smallest absolute Gasteiger partial charge is 0.167 e. The van der Waals surface area contributed by atoms with Crippen LogP contribution in [0.1, 0.15) is 37.7 Å². The topological polar surface area (TPSA) is 9.23 Å². The maximum Gasteiger partial charge on any atom is 0.167 e. The zero-order valence-electron chi connectivity index (χ0n) is 10.8. The van der Waals surface area contributed by atoms with E-state index in [2.05, 4.69) is 15.9 Å². The molecule has 0 aromatic heterocycles. The van der Waals surface area contributed by atoms with Crippen LogP contribution in [0.25, 0.3) is 0 Å². The summed E-state index contributed by atoms with van der Waals surface area (Å²) in [7, 11) is 0. The van der Waals surface area contributed by atoms with Crippen molar-refractivity contribution in [1.29, 1.82) is 0 Å². The van der Waals surface area contributed by atoms with Gasteiger partial charge in [0.25, 0.3) is 0 Å². The summed E-state index contributed by atoms with van der Waals surface area (Å²) in [5, 5.41) is 0.938. The molecule has 0 N–H and O–H groups in total. The summed E-state index contributed by atoms with van der Waals surface area (Å²) in [5.41, 5.74) is 0.832. The van der Waals surface area contributed by atoms with E-state index in [4.69, 9.17) is 4.74 Å². The maximum absolute atomic E-state index is 13.8. The number of alkyl halides is 1. The summed E-state index contributed by atoms with van der Waals surface area (Å²) in [6, 6.07) is 5.32. The first-order valence-electron chi connectivity index (χ1n) is 6.61. The van der Waals surface area contributed by atoms with Gasteiger partial charge in [-0.1, -0.05) is 47.3 Å². The average Bonchev–Trinajstić information content (AvgIpc) is 2.41. The lowest BCUT2D eigenvalue weighted by atomic mass is 9.76. The van der Waals surface area contributed by atoms with E-state index < -0.39 is 0 Å². The molecule has 2 rings (SSSR count). The van der Waals surface area contributed by atoms with E-state index in [9.17, 15) is 4.39 Å². The molecule has 0 radical (unpaired) electrons. The van der Waals surface area contributed by atoms with Gasteiger partial charge in [0.2, 0.25) is 0 Å². The van der Waals surface area contributed by atoms with E-state index in [0.717, 1.165) is 5.33 Å². The predicted octanol–water partition coefficient (Wildman–Crippen LogP) is 4.86. The van der Waals surface area contributed by atoms with E-state index in [0.29, 0.717) is 17.9 Å². The number of ether oxygens (including phenoxy) is 1. The van der Waals surface area contributed by atoms with Crippen molar-refractivity contribution in [2.45, 2.75) is 39.0 Å². The molecule has 0 spiro atoms. The van der Waals surface area contributed by atoms with Crippen LogP contribution in [0.15, 0.2) is 18.2 Å². The van der Waals surface area contributed by atoms with Crippen molar-refractivity contribution in [2.24, 2.45) is 5.41 Å². The minimum atomic E-state index is -0.224. The largest absolute Gasteiger partial charge is 0.490 e. The Labute approximate surface area is 117 Å². The molecule has 0 unspecified atom stereocenters. The fourth-order valence-electron chi connectivity index (χ4n) is 2.58. The molecule has 100 valence electrons. The Balaban J connectivity index is 2.03. The van der Waals surface area contributed by atoms with Crippen LogP contribution in [-0.4, -0.2) is 11.9 Å². The van der Waals surface area contributed by atoms with Gasteiger partial charge in [0.15, 0.2) is 11.6 Å². The number of halogens is 2. The van der Waals surface area contributed by atoms with Gasteiger partial charge in [0.1, 0.15) is 0 Å². The summed E-state index contributed by atoms with van der Waals surface area (Å²) in [4.78, 5) is 0. The van der Waals surface area contributed by atoms with Gasteiger partial charge in [-0.15, -0.1) is 0 Å². The second kappa shape index (κ2) is 6.05. The molecule has 1 saturated carbocycles. The fourth-order valence-corrected chi connectivity index (χ4v) is 3.30. The van der Waals surface area contributed by atoms with Crippen LogP contribution in [0.2, 0.25) is 0 Å². The van der Waals surface area contributed by atoms with E-state index in [-0.39, 0.29) is 11.2 Å². The lowest BCUT2D eigenvalue weighted by Crippen LogP contribution is -2.32. The van der Waals surface area contributed by atoms with Crippen molar-refractivity contribution in [3.05, 3.63) is 29.6 Å². The molecule has 1 fully saturated rings. The monoisotopic (exact) mass is 314 g/mol. The molecule has 1 aliphatic carbocycles. The van der Waals surface area contributed by atoms with Crippen molar-refractivity contribution in [1.82, 2.24) is 0 Å². The van der Waals surface area contributed by atoms with Gasteiger partial charge >= 0.3 is 0 Å². The van der Waals surface area contributed by atoms with Crippen molar-refractivity contribution >= 4 is 15.9 Å². The zero-order chi connectivity index (χ0) is 13.0. The minimum absolute atomic E-state index is 0.189. The molecule has 0 bridgehead atoms. The summed E-state index contributed by atoms with van der Waals surface area (Å²) < 4.78 is 19.6. The third-order valence-electron chi connectivity index (χ3n) is 3.89. The van der Waals surface area contributed by atoms with Crippen LogP contribution in [-0.2, 0) is 0 Å². The van der Waals surface area contributed by atoms with Crippen LogP contribution in [0.3, 0.4) is 0 Å². The molecular weight excluding hydrogens is 295 g/mol. The van der Waals surface area contributed by atoms with Gasteiger partial charge in [-0.05, 0) is 31.4 Å². The average molecular weight is 315 g/mol. The third-order valence-corrected chi connectivity index (χ3v) is 5.08. The van der Waals surface area contributed by atoms with Crippen LogP contribution < -0.4 is 4.74 Å². The van der Waals surface area contributed by atoms with E-state index in [1.807, 2.05) is 6.07 Å². The Morgan fingerprint density at radius 2 is 2.00 bits per heavy atom. The van der Waals surface area contributed by atoms with Gasteiger partial charge in [0, 0.05) is 10.7 Å². The fraction of sp³-hybridized carbons (Fsp3) is 0.600. The predicted molar refractivity (Wildman–Crippen MR) is 75.9 cm³/mol. The standard InChI is InChI=1S/C15H20BrFO/c1-12-6-5-7-13(14(12)17)18-11-15(10-16)8-3-2-4-9-15/h5-7H,2-4,8-11H2,1H3. The van der Waals surface area contributed by atoms with Crippen molar-refractivity contribution in [3.63, 3.8) is 0 Å². The molecule has 0 atom stereocenters. The summed E-state index contributed by atoms with van der Waals surface area (Å²) >= 11 is 3.60. The number of hydrogen-bond acceptors (Lipinski definition) is 1. The Kier molecular flexibility index (Phi) is 4.66. The number of aryl methyl sites for hydroxylation is 1. The molecule has 1 aliphatic rings. The van der Waals surface area contributed by atoms with Gasteiger partial charge in [-0.3, -0.25) is 0 Å². The molecule has 0 heterocycles. The Bertz CT molecular complexity index is 399. The maximum atomic E-state index is 13.8. The second-order valence-corrected chi connectivity index (χ2v) is 5.93. The Morgan fingerprint density at radius 3 is 2.67 bits per heavy atom. The highest BCUT2D eigenvalue weighted by Gasteiger charge is 2.32. The summed E-state index contributed by atoms with van der Waals surface area (Å²) in [6.07, 6.45) is 6.17. The van der Waals surface area contributed by atoms with Gasteiger partial charge in [-0.2, -0.15) is 0 Å². The molecule has 3 heteroatoms. The second-order valence-electron chi connectivity index (χ2n) is 5.37. The summed E-state index contributed by atoms with van der Waals surface area (Å²) in [6.45, 7) is 2.38. The van der Waals surface area contributed by atoms with Crippen LogP contribution in [0.5, 0.6) is 5.75 Å². The summed E-state index contributed by atoms with van der Waals surface area (Å²) in [5.74, 6) is 0.166. The highest BCUT2D eigenvalue weighted by molar-refractivity contribution is 9.09. The van der Waals surface area contributed by atoms with Gasteiger partial charge < -0.3 is 4.74 Å². The first kappa shape index (κ1) is 13.9. The van der Waals surface area contributed by atoms with Crippen LogP contribution in [0.4, 0.5) is 4.39 Å². The van der Waals surface area contributed by atoms with Gasteiger partial charge in [-0.25, -0.2) is 4.39 Å². The molecule has 18 heavy (non-hydrogen) atoms. The molecule has 1 nitrogen and oxygen atoms in total. The molecule has 0 amide bonds. The van der Waals surface area contributed by atoms with E-state index in [1.54, 1.807) is 19.1 Å². The van der Waals surface area contributed by atoms with E-state index >= 15 is 0 Å². The SMILES string of the molecule is Cc1cccc(OCC2(CBr)CCCCC2)c1F. The third kappa shape index (κ3) is 3.05. The first-order valence-corrected chi connectivity index (χ1v) is 7.73. The first-order chi connectivity index (χ1) is 8.67. The Hall–Kier alpha value is -0.570. The van der Waals surface area contributed by atoms with Crippen molar-refractivity contribution in [2.75, 3.05) is 11.9 Å². The highest BCUT2D eigenvalue weighted by atomic mass is 79.9. The van der Waals surface area contributed by atoms with Crippen LogP contribution >= 0.6 is 15.9 Å². The van der Waals surface area contributed by atoms with E-state index in [1.165, 1.54) is 32.1 Å². The lowest BCUT2D eigenvalue weighted by Gasteiger charge is -2.35.